The quantitative estimate of drug-likeness (QED) is 0.779. The van der Waals surface area contributed by atoms with E-state index in [9.17, 15) is 12.8 Å². The van der Waals surface area contributed by atoms with Gasteiger partial charge in [-0.3, -0.25) is 0 Å². The van der Waals surface area contributed by atoms with Gasteiger partial charge < -0.3 is 14.2 Å². The smallest absolute Gasteiger partial charge is 0.246 e. The van der Waals surface area contributed by atoms with Crippen LogP contribution < -0.4 is 9.47 Å². The van der Waals surface area contributed by atoms with Gasteiger partial charge >= 0.3 is 0 Å². The summed E-state index contributed by atoms with van der Waals surface area (Å²) >= 11 is 0. The fourth-order valence-electron chi connectivity index (χ4n) is 3.10. The van der Waals surface area contributed by atoms with Gasteiger partial charge in [0.05, 0.1) is 26.4 Å². The molecule has 146 valence electrons. The van der Waals surface area contributed by atoms with Crippen LogP contribution in [0.15, 0.2) is 47.4 Å². The molecule has 1 aliphatic rings. The number of nitrogens with zero attached hydrogens (tertiary/aromatic N) is 1. The number of halogens is 1. The Kier molecular flexibility index (Phi) is 5.69. The average molecular weight is 395 g/mol. The fourth-order valence-corrected chi connectivity index (χ4v) is 4.75. The number of hydrogen-bond acceptors (Lipinski definition) is 5. The number of morpholine rings is 1. The number of methoxy groups -OCH3 is 2. The first kappa shape index (κ1) is 19.6. The predicted octanol–water partition coefficient (Wildman–Crippen LogP) is 2.99. The number of hydrogen-bond donors (Lipinski definition) is 0. The molecule has 3 rings (SSSR count). The van der Waals surface area contributed by atoms with Gasteiger partial charge in [0.15, 0.2) is 0 Å². The molecule has 2 aromatic carbocycles. The van der Waals surface area contributed by atoms with Crippen LogP contribution in [0.25, 0.3) is 0 Å². The first-order chi connectivity index (χ1) is 12.8. The summed E-state index contributed by atoms with van der Waals surface area (Å²) in [6, 6.07) is 10.5. The minimum atomic E-state index is -3.81. The van der Waals surface area contributed by atoms with E-state index in [0.29, 0.717) is 5.75 Å². The lowest BCUT2D eigenvalue weighted by atomic mass is 10.1. The monoisotopic (exact) mass is 395 g/mol. The minimum absolute atomic E-state index is 0.0674. The SMILES string of the molecule is COc1ccc(S(=O)(=O)N2CC(C)OC(c3ccc(F)cc3)C2)c(OC)c1. The highest BCUT2D eigenvalue weighted by atomic mass is 32.2. The third-order valence-corrected chi connectivity index (χ3v) is 6.33. The minimum Gasteiger partial charge on any atom is -0.497 e. The third-order valence-electron chi connectivity index (χ3n) is 4.46. The van der Waals surface area contributed by atoms with Crippen molar-refractivity contribution < 1.29 is 27.0 Å². The van der Waals surface area contributed by atoms with Crippen LogP contribution in [0.1, 0.15) is 18.6 Å². The zero-order chi connectivity index (χ0) is 19.6. The van der Waals surface area contributed by atoms with Crippen LogP contribution in [0.4, 0.5) is 4.39 Å². The van der Waals surface area contributed by atoms with Crippen molar-refractivity contribution in [2.24, 2.45) is 0 Å². The summed E-state index contributed by atoms with van der Waals surface area (Å²) in [5.74, 6) is 0.368. The standard InChI is InChI=1S/C19H22FNO5S/c1-13-11-21(12-18(26-13)14-4-6-15(20)7-5-14)27(22,23)19-9-8-16(24-2)10-17(19)25-3/h4-10,13,18H,11-12H2,1-3H3. The number of sulfonamides is 1. The lowest BCUT2D eigenvalue weighted by Crippen LogP contribution is -2.45. The Morgan fingerprint density at radius 1 is 1.07 bits per heavy atom. The second-order valence-electron chi connectivity index (χ2n) is 6.33. The Balaban J connectivity index is 1.93. The Morgan fingerprint density at radius 3 is 2.41 bits per heavy atom. The van der Waals surface area contributed by atoms with E-state index in [0.717, 1.165) is 5.56 Å². The maximum atomic E-state index is 13.2. The van der Waals surface area contributed by atoms with Crippen LogP contribution in [0, 0.1) is 5.82 Å². The maximum absolute atomic E-state index is 13.2. The summed E-state index contributed by atoms with van der Waals surface area (Å²) in [5.41, 5.74) is 0.727. The van der Waals surface area contributed by atoms with Gasteiger partial charge in [0.1, 0.15) is 22.2 Å². The van der Waals surface area contributed by atoms with Crippen molar-refractivity contribution in [3.05, 3.63) is 53.8 Å². The second-order valence-corrected chi connectivity index (χ2v) is 8.23. The summed E-state index contributed by atoms with van der Waals surface area (Å²) in [6.45, 7) is 2.16. The molecule has 0 amide bonds. The summed E-state index contributed by atoms with van der Waals surface area (Å²) in [4.78, 5) is 0.0674. The molecule has 2 aromatic rings. The summed E-state index contributed by atoms with van der Waals surface area (Å²) < 4.78 is 57.3. The molecule has 0 bridgehead atoms. The van der Waals surface area contributed by atoms with Gasteiger partial charge in [0.2, 0.25) is 10.0 Å². The van der Waals surface area contributed by atoms with E-state index in [-0.39, 0.29) is 35.7 Å². The average Bonchev–Trinajstić information content (AvgIpc) is 2.67. The summed E-state index contributed by atoms with van der Waals surface area (Å²) in [6.07, 6.45) is -0.791. The Morgan fingerprint density at radius 2 is 1.78 bits per heavy atom. The van der Waals surface area contributed by atoms with Crippen molar-refractivity contribution in [3.8, 4) is 11.5 Å². The van der Waals surface area contributed by atoms with E-state index in [1.54, 1.807) is 18.2 Å². The van der Waals surface area contributed by atoms with Crippen molar-refractivity contribution in [2.75, 3.05) is 27.3 Å². The predicted molar refractivity (Wildman–Crippen MR) is 98.0 cm³/mol. The molecule has 0 saturated carbocycles. The van der Waals surface area contributed by atoms with Gasteiger partial charge in [-0.05, 0) is 36.8 Å². The molecule has 2 atom stereocenters. The van der Waals surface area contributed by atoms with Crippen molar-refractivity contribution in [1.29, 1.82) is 0 Å². The van der Waals surface area contributed by atoms with Crippen LogP contribution in [-0.4, -0.2) is 46.1 Å². The van der Waals surface area contributed by atoms with Gasteiger partial charge in [-0.15, -0.1) is 0 Å². The molecule has 6 nitrogen and oxygen atoms in total. The van der Waals surface area contributed by atoms with Gasteiger partial charge in [-0.1, -0.05) is 12.1 Å². The molecule has 1 saturated heterocycles. The second kappa shape index (κ2) is 7.84. The Labute approximate surface area is 158 Å². The van der Waals surface area contributed by atoms with Crippen molar-refractivity contribution >= 4 is 10.0 Å². The molecule has 1 aliphatic heterocycles. The fraction of sp³-hybridized carbons (Fsp3) is 0.368. The van der Waals surface area contributed by atoms with Crippen LogP contribution in [-0.2, 0) is 14.8 Å². The first-order valence-corrected chi connectivity index (χ1v) is 9.92. The number of benzene rings is 2. The topological polar surface area (TPSA) is 65.1 Å². The molecular weight excluding hydrogens is 373 g/mol. The van der Waals surface area contributed by atoms with Gasteiger partial charge in [0, 0.05) is 19.2 Å². The molecule has 2 unspecified atom stereocenters. The largest absolute Gasteiger partial charge is 0.497 e. The molecule has 0 spiro atoms. The molecular formula is C19H22FNO5S. The highest BCUT2D eigenvalue weighted by Crippen LogP contribution is 2.34. The first-order valence-electron chi connectivity index (χ1n) is 8.48. The maximum Gasteiger partial charge on any atom is 0.246 e. The van der Waals surface area contributed by atoms with E-state index < -0.39 is 16.1 Å². The number of ether oxygens (including phenoxy) is 3. The zero-order valence-corrected chi connectivity index (χ0v) is 16.2. The van der Waals surface area contributed by atoms with E-state index in [1.165, 1.54) is 42.8 Å². The van der Waals surface area contributed by atoms with Crippen molar-refractivity contribution in [1.82, 2.24) is 4.31 Å². The highest BCUT2D eigenvalue weighted by molar-refractivity contribution is 7.89. The van der Waals surface area contributed by atoms with Gasteiger partial charge in [-0.2, -0.15) is 4.31 Å². The van der Waals surface area contributed by atoms with Crippen LogP contribution in [0.2, 0.25) is 0 Å². The normalized spacial score (nSPS) is 21.0. The highest BCUT2D eigenvalue weighted by Gasteiger charge is 2.36. The van der Waals surface area contributed by atoms with E-state index in [4.69, 9.17) is 14.2 Å². The van der Waals surface area contributed by atoms with Gasteiger partial charge in [0.25, 0.3) is 0 Å². The molecule has 0 radical (unpaired) electrons. The molecule has 1 heterocycles. The van der Waals surface area contributed by atoms with Gasteiger partial charge in [-0.25, -0.2) is 12.8 Å². The Hall–Kier alpha value is -2.16. The van der Waals surface area contributed by atoms with Crippen molar-refractivity contribution in [3.63, 3.8) is 0 Å². The van der Waals surface area contributed by atoms with Crippen LogP contribution in [0.3, 0.4) is 0 Å². The molecule has 0 N–H and O–H groups in total. The lowest BCUT2D eigenvalue weighted by molar-refractivity contribution is -0.0557. The molecule has 1 fully saturated rings. The molecule has 8 heteroatoms. The Bertz CT molecular complexity index is 901. The summed E-state index contributed by atoms with van der Waals surface area (Å²) in [5, 5.41) is 0. The van der Waals surface area contributed by atoms with Crippen molar-refractivity contribution in [2.45, 2.75) is 24.0 Å². The molecule has 0 aromatic heterocycles. The molecule has 0 aliphatic carbocycles. The van der Waals surface area contributed by atoms with E-state index >= 15 is 0 Å². The molecule has 27 heavy (non-hydrogen) atoms. The zero-order valence-electron chi connectivity index (χ0n) is 15.4. The third kappa shape index (κ3) is 4.07. The summed E-state index contributed by atoms with van der Waals surface area (Å²) in [7, 11) is -0.899. The number of rotatable bonds is 5. The van der Waals surface area contributed by atoms with Crippen LogP contribution >= 0.6 is 0 Å². The van der Waals surface area contributed by atoms with Crippen LogP contribution in [0.5, 0.6) is 11.5 Å². The van der Waals surface area contributed by atoms with E-state index in [1.807, 2.05) is 6.92 Å². The van der Waals surface area contributed by atoms with E-state index in [2.05, 4.69) is 0 Å². The lowest BCUT2D eigenvalue weighted by Gasteiger charge is -2.36.